The summed E-state index contributed by atoms with van der Waals surface area (Å²) in [4.78, 5) is 16.2. The highest BCUT2D eigenvalue weighted by atomic mass is 16.5. The van der Waals surface area contributed by atoms with Crippen molar-refractivity contribution in [1.82, 2.24) is 25.3 Å². The molecule has 1 fully saturated rings. The van der Waals surface area contributed by atoms with E-state index in [0.717, 1.165) is 30.8 Å². The van der Waals surface area contributed by atoms with Gasteiger partial charge in [0.2, 0.25) is 0 Å². The smallest absolute Gasteiger partial charge is 0.360 e. The first-order valence-corrected chi connectivity index (χ1v) is 6.94. The molecule has 1 aliphatic heterocycles. The van der Waals surface area contributed by atoms with Gasteiger partial charge < -0.3 is 10.1 Å². The van der Waals surface area contributed by atoms with Crippen LogP contribution in [0.3, 0.4) is 0 Å². The van der Waals surface area contributed by atoms with Crippen molar-refractivity contribution in [1.29, 1.82) is 0 Å². The SMILES string of the molecule is COC(=O)c1nnn(Cc2ccccn2)c1C1CCCN1. The zero-order valence-electron chi connectivity index (χ0n) is 11.8. The molecule has 2 aromatic heterocycles. The Hall–Kier alpha value is -2.28. The summed E-state index contributed by atoms with van der Waals surface area (Å²) < 4.78 is 6.54. The number of pyridine rings is 1. The third-order valence-electron chi connectivity index (χ3n) is 3.58. The molecule has 3 heterocycles. The molecule has 1 atom stereocenters. The van der Waals surface area contributed by atoms with Crippen LogP contribution in [-0.2, 0) is 11.3 Å². The molecule has 1 unspecified atom stereocenters. The number of methoxy groups -OCH3 is 1. The van der Waals surface area contributed by atoms with Gasteiger partial charge in [-0.15, -0.1) is 5.10 Å². The quantitative estimate of drug-likeness (QED) is 0.843. The third kappa shape index (κ3) is 2.78. The summed E-state index contributed by atoms with van der Waals surface area (Å²) in [5.41, 5.74) is 1.94. The Bertz CT molecular complexity index is 620. The number of hydrogen-bond acceptors (Lipinski definition) is 6. The second-order valence-corrected chi connectivity index (χ2v) is 4.94. The van der Waals surface area contributed by atoms with Crippen LogP contribution in [0.15, 0.2) is 24.4 Å². The van der Waals surface area contributed by atoms with Gasteiger partial charge in [0, 0.05) is 6.20 Å². The number of carbonyl (C=O) groups is 1. The number of esters is 1. The Balaban J connectivity index is 1.95. The number of rotatable bonds is 4. The molecule has 7 heteroatoms. The summed E-state index contributed by atoms with van der Waals surface area (Å²) in [6.07, 6.45) is 3.76. The Morgan fingerprint density at radius 2 is 2.43 bits per heavy atom. The number of carbonyl (C=O) groups excluding carboxylic acids is 1. The predicted octanol–water partition coefficient (Wildman–Crippen LogP) is 0.932. The van der Waals surface area contributed by atoms with Gasteiger partial charge in [0.15, 0.2) is 5.69 Å². The zero-order chi connectivity index (χ0) is 14.7. The number of aromatic nitrogens is 4. The normalized spacial score (nSPS) is 17.9. The number of hydrogen-bond donors (Lipinski definition) is 1. The summed E-state index contributed by atoms with van der Waals surface area (Å²) in [5, 5.41) is 11.5. The van der Waals surface area contributed by atoms with Crippen molar-refractivity contribution in [2.24, 2.45) is 0 Å². The van der Waals surface area contributed by atoms with Crippen LogP contribution in [0.2, 0.25) is 0 Å². The molecule has 2 aromatic rings. The minimum absolute atomic E-state index is 0.0813. The molecule has 1 N–H and O–H groups in total. The second kappa shape index (κ2) is 6.01. The lowest BCUT2D eigenvalue weighted by molar-refractivity contribution is 0.0591. The first kappa shape index (κ1) is 13.7. The maximum absolute atomic E-state index is 11.9. The fourth-order valence-corrected chi connectivity index (χ4v) is 2.59. The van der Waals surface area contributed by atoms with Crippen LogP contribution in [0, 0.1) is 0 Å². The number of nitrogens with one attached hydrogen (secondary N) is 1. The topological polar surface area (TPSA) is 81.9 Å². The lowest BCUT2D eigenvalue weighted by Gasteiger charge is -2.13. The van der Waals surface area contributed by atoms with E-state index in [1.165, 1.54) is 7.11 Å². The monoisotopic (exact) mass is 287 g/mol. The molecular weight excluding hydrogens is 270 g/mol. The van der Waals surface area contributed by atoms with Crippen molar-refractivity contribution >= 4 is 5.97 Å². The van der Waals surface area contributed by atoms with E-state index in [0.29, 0.717) is 6.54 Å². The van der Waals surface area contributed by atoms with Gasteiger partial charge >= 0.3 is 5.97 Å². The maximum Gasteiger partial charge on any atom is 0.360 e. The Kier molecular flexibility index (Phi) is 3.92. The van der Waals surface area contributed by atoms with E-state index in [-0.39, 0.29) is 11.7 Å². The molecule has 0 spiro atoms. The number of nitrogens with zero attached hydrogens (tertiary/aromatic N) is 4. The first-order valence-electron chi connectivity index (χ1n) is 6.94. The Morgan fingerprint density at radius 3 is 3.10 bits per heavy atom. The van der Waals surface area contributed by atoms with Crippen LogP contribution in [0.1, 0.15) is 40.8 Å². The molecular formula is C14H17N5O2. The Morgan fingerprint density at radius 1 is 1.52 bits per heavy atom. The largest absolute Gasteiger partial charge is 0.464 e. The van der Waals surface area contributed by atoms with Crippen LogP contribution >= 0.6 is 0 Å². The van der Waals surface area contributed by atoms with Crippen molar-refractivity contribution in [2.75, 3.05) is 13.7 Å². The van der Waals surface area contributed by atoms with Gasteiger partial charge in [-0.1, -0.05) is 11.3 Å². The summed E-state index contributed by atoms with van der Waals surface area (Å²) in [5.74, 6) is -0.453. The molecule has 7 nitrogen and oxygen atoms in total. The van der Waals surface area contributed by atoms with Crippen molar-refractivity contribution < 1.29 is 9.53 Å². The van der Waals surface area contributed by atoms with Gasteiger partial charge in [-0.05, 0) is 31.5 Å². The van der Waals surface area contributed by atoms with Gasteiger partial charge in [0.05, 0.1) is 31.1 Å². The van der Waals surface area contributed by atoms with Crippen LogP contribution < -0.4 is 5.32 Å². The van der Waals surface area contributed by atoms with Gasteiger partial charge in [-0.2, -0.15) is 0 Å². The van der Waals surface area contributed by atoms with E-state index < -0.39 is 5.97 Å². The maximum atomic E-state index is 11.9. The summed E-state index contributed by atoms with van der Waals surface area (Å²) in [7, 11) is 1.35. The van der Waals surface area contributed by atoms with E-state index in [1.807, 2.05) is 18.2 Å². The van der Waals surface area contributed by atoms with E-state index in [1.54, 1.807) is 10.9 Å². The van der Waals surface area contributed by atoms with Gasteiger partial charge in [0.1, 0.15) is 0 Å². The fourth-order valence-electron chi connectivity index (χ4n) is 2.59. The lowest BCUT2D eigenvalue weighted by atomic mass is 10.1. The minimum Gasteiger partial charge on any atom is -0.464 e. The van der Waals surface area contributed by atoms with Crippen molar-refractivity contribution in [3.05, 3.63) is 41.5 Å². The van der Waals surface area contributed by atoms with Crippen LogP contribution in [0.4, 0.5) is 0 Å². The fraction of sp³-hybridized carbons (Fsp3) is 0.429. The lowest BCUT2D eigenvalue weighted by Crippen LogP contribution is -2.21. The van der Waals surface area contributed by atoms with E-state index >= 15 is 0 Å². The minimum atomic E-state index is -0.453. The summed E-state index contributed by atoms with van der Waals surface area (Å²) >= 11 is 0. The van der Waals surface area contributed by atoms with E-state index in [2.05, 4.69) is 20.6 Å². The van der Waals surface area contributed by atoms with Crippen LogP contribution in [-0.4, -0.2) is 39.6 Å². The molecule has 1 aliphatic rings. The molecule has 0 amide bonds. The average Bonchev–Trinajstić information content (AvgIpc) is 3.16. The summed E-state index contributed by atoms with van der Waals surface area (Å²) in [6, 6.07) is 5.79. The van der Waals surface area contributed by atoms with Crippen molar-refractivity contribution in [2.45, 2.75) is 25.4 Å². The highest BCUT2D eigenvalue weighted by molar-refractivity contribution is 5.88. The van der Waals surface area contributed by atoms with Crippen LogP contribution in [0.25, 0.3) is 0 Å². The van der Waals surface area contributed by atoms with E-state index in [4.69, 9.17) is 4.74 Å². The van der Waals surface area contributed by atoms with Crippen molar-refractivity contribution in [3.63, 3.8) is 0 Å². The van der Waals surface area contributed by atoms with Crippen LogP contribution in [0.5, 0.6) is 0 Å². The highest BCUT2D eigenvalue weighted by Gasteiger charge is 2.29. The average molecular weight is 287 g/mol. The molecule has 0 bridgehead atoms. The van der Waals surface area contributed by atoms with Crippen molar-refractivity contribution in [3.8, 4) is 0 Å². The first-order chi connectivity index (χ1) is 10.3. The third-order valence-corrected chi connectivity index (χ3v) is 3.58. The second-order valence-electron chi connectivity index (χ2n) is 4.94. The van der Waals surface area contributed by atoms with Gasteiger partial charge in [-0.3, -0.25) is 4.98 Å². The molecule has 0 radical (unpaired) electrons. The molecule has 21 heavy (non-hydrogen) atoms. The van der Waals surface area contributed by atoms with E-state index in [9.17, 15) is 4.79 Å². The molecule has 110 valence electrons. The Labute approximate surface area is 122 Å². The standard InChI is InChI=1S/C14H17N5O2/c1-21-14(20)12-13(11-6-4-8-16-11)19(18-17-12)9-10-5-2-3-7-15-10/h2-3,5,7,11,16H,4,6,8-9H2,1H3. The number of ether oxygens (including phenoxy) is 1. The highest BCUT2D eigenvalue weighted by Crippen LogP contribution is 2.25. The molecule has 1 saturated heterocycles. The van der Waals surface area contributed by atoms with Gasteiger partial charge in [0.25, 0.3) is 0 Å². The zero-order valence-corrected chi connectivity index (χ0v) is 11.8. The predicted molar refractivity (Wildman–Crippen MR) is 74.7 cm³/mol. The molecule has 0 aromatic carbocycles. The molecule has 0 aliphatic carbocycles. The van der Waals surface area contributed by atoms with Gasteiger partial charge in [-0.25, -0.2) is 9.48 Å². The summed E-state index contributed by atoms with van der Waals surface area (Å²) in [6.45, 7) is 1.42. The molecule has 0 saturated carbocycles. The molecule has 3 rings (SSSR count).